The predicted molar refractivity (Wildman–Crippen MR) is 106 cm³/mol. The zero-order valence-corrected chi connectivity index (χ0v) is 15.6. The summed E-state index contributed by atoms with van der Waals surface area (Å²) >= 11 is 0. The van der Waals surface area contributed by atoms with Crippen LogP contribution in [0.1, 0.15) is 16.7 Å². The number of aryl methyl sites for hydroxylation is 3. The summed E-state index contributed by atoms with van der Waals surface area (Å²) < 4.78 is 2.27. The second kappa shape index (κ2) is 6.34. The van der Waals surface area contributed by atoms with Gasteiger partial charge in [-0.05, 0) is 44.0 Å². The molecule has 4 rings (SSSR count). The third-order valence-corrected chi connectivity index (χ3v) is 5.12. The molecule has 2 heterocycles. The molecule has 0 atom stereocenters. The average molecular weight is 340 g/mol. The minimum Gasteiger partial charge on any atom is -0.261 e. The summed E-state index contributed by atoms with van der Waals surface area (Å²) in [6.07, 6.45) is 5.29. The zero-order valence-electron chi connectivity index (χ0n) is 15.6. The van der Waals surface area contributed by atoms with Crippen LogP contribution in [0.25, 0.3) is 33.4 Å². The molecule has 0 N–H and O–H groups in total. The van der Waals surface area contributed by atoms with Crippen LogP contribution >= 0.6 is 0 Å². The lowest BCUT2D eigenvalue weighted by Crippen LogP contribution is -2.32. The van der Waals surface area contributed by atoms with Gasteiger partial charge >= 0.3 is 0 Å². The molecule has 3 heteroatoms. The van der Waals surface area contributed by atoms with Crippen LogP contribution in [0.4, 0.5) is 0 Å². The van der Waals surface area contributed by atoms with Gasteiger partial charge in [-0.15, -0.1) is 0 Å². The number of benzene rings is 2. The van der Waals surface area contributed by atoms with Gasteiger partial charge in [-0.2, -0.15) is 4.57 Å². The standard InChI is InChI=1S/C23H22N3/c1-15-11-16(2)17(3)19(12-15)23-13-20(21-14-24-9-10-25-21)18-7-5-6-8-22(18)26(23)4/h5-14H,1-4H3/q+1. The van der Waals surface area contributed by atoms with E-state index in [2.05, 4.69) is 84.8 Å². The highest BCUT2D eigenvalue weighted by Crippen LogP contribution is 2.32. The number of rotatable bonds is 2. The van der Waals surface area contributed by atoms with E-state index in [0.717, 1.165) is 11.3 Å². The second-order valence-corrected chi connectivity index (χ2v) is 6.86. The summed E-state index contributed by atoms with van der Waals surface area (Å²) in [5.41, 5.74) is 9.55. The van der Waals surface area contributed by atoms with Crippen molar-refractivity contribution in [1.82, 2.24) is 9.97 Å². The second-order valence-electron chi connectivity index (χ2n) is 6.86. The fraction of sp³-hybridized carbons (Fsp3) is 0.174. The lowest BCUT2D eigenvalue weighted by molar-refractivity contribution is -0.633. The van der Waals surface area contributed by atoms with Crippen molar-refractivity contribution >= 4 is 10.9 Å². The van der Waals surface area contributed by atoms with E-state index < -0.39 is 0 Å². The van der Waals surface area contributed by atoms with Crippen LogP contribution in [0.3, 0.4) is 0 Å². The Morgan fingerprint density at radius 2 is 1.69 bits per heavy atom. The largest absolute Gasteiger partial charge is 0.261 e. The molecule has 3 nitrogen and oxygen atoms in total. The first kappa shape index (κ1) is 16.4. The van der Waals surface area contributed by atoms with Crippen LogP contribution in [-0.4, -0.2) is 9.97 Å². The molecule has 0 saturated carbocycles. The highest BCUT2D eigenvalue weighted by atomic mass is 14.9. The van der Waals surface area contributed by atoms with Gasteiger partial charge in [0.25, 0.3) is 0 Å². The van der Waals surface area contributed by atoms with E-state index in [1.807, 2.05) is 6.20 Å². The Labute approximate surface area is 154 Å². The Morgan fingerprint density at radius 3 is 2.46 bits per heavy atom. The number of pyridine rings is 1. The lowest BCUT2D eigenvalue weighted by atomic mass is 9.95. The summed E-state index contributed by atoms with van der Waals surface area (Å²) in [5.74, 6) is 0. The molecule has 0 fully saturated rings. The molecule has 2 aromatic carbocycles. The van der Waals surface area contributed by atoms with Crippen LogP contribution in [0.2, 0.25) is 0 Å². The topological polar surface area (TPSA) is 29.7 Å². The van der Waals surface area contributed by atoms with Gasteiger partial charge in [0.05, 0.1) is 17.3 Å². The van der Waals surface area contributed by atoms with Crippen molar-refractivity contribution in [2.24, 2.45) is 7.05 Å². The van der Waals surface area contributed by atoms with Gasteiger partial charge in [0.2, 0.25) is 11.2 Å². The van der Waals surface area contributed by atoms with Gasteiger partial charge in [-0.3, -0.25) is 9.97 Å². The van der Waals surface area contributed by atoms with Gasteiger partial charge in [0.1, 0.15) is 7.05 Å². The summed E-state index contributed by atoms with van der Waals surface area (Å²) in [6.45, 7) is 6.53. The summed E-state index contributed by atoms with van der Waals surface area (Å²) in [7, 11) is 2.13. The monoisotopic (exact) mass is 340 g/mol. The first-order valence-electron chi connectivity index (χ1n) is 8.82. The first-order valence-corrected chi connectivity index (χ1v) is 8.82. The van der Waals surface area contributed by atoms with E-state index in [9.17, 15) is 0 Å². The highest BCUT2D eigenvalue weighted by molar-refractivity contribution is 5.93. The summed E-state index contributed by atoms with van der Waals surface area (Å²) in [4.78, 5) is 8.82. The molecule has 0 aliphatic rings. The van der Waals surface area contributed by atoms with Crippen molar-refractivity contribution in [2.75, 3.05) is 0 Å². The molecule has 0 saturated heterocycles. The maximum absolute atomic E-state index is 4.55. The van der Waals surface area contributed by atoms with E-state index in [-0.39, 0.29) is 0 Å². The van der Waals surface area contributed by atoms with E-state index in [1.165, 1.54) is 38.9 Å². The molecule has 0 unspecified atom stereocenters. The fourth-order valence-corrected chi connectivity index (χ4v) is 3.65. The van der Waals surface area contributed by atoms with Gasteiger partial charge in [-0.25, -0.2) is 0 Å². The van der Waals surface area contributed by atoms with Crippen LogP contribution in [0.15, 0.2) is 61.1 Å². The van der Waals surface area contributed by atoms with Crippen LogP contribution in [0, 0.1) is 20.8 Å². The molecule has 0 aliphatic carbocycles. The van der Waals surface area contributed by atoms with Crippen molar-refractivity contribution in [1.29, 1.82) is 0 Å². The minimum atomic E-state index is 0.896. The number of fused-ring (bicyclic) bond motifs is 1. The van der Waals surface area contributed by atoms with Crippen molar-refractivity contribution in [2.45, 2.75) is 20.8 Å². The molecular weight excluding hydrogens is 318 g/mol. The third kappa shape index (κ3) is 2.66. The molecule has 128 valence electrons. The van der Waals surface area contributed by atoms with E-state index in [1.54, 1.807) is 12.4 Å². The predicted octanol–water partition coefficient (Wildman–Crippen LogP) is 4.71. The van der Waals surface area contributed by atoms with Gasteiger partial charge < -0.3 is 0 Å². The van der Waals surface area contributed by atoms with Crippen molar-refractivity contribution in [3.8, 4) is 22.5 Å². The SMILES string of the molecule is Cc1cc(C)c(C)c(-c2cc(-c3cnccn3)c3ccccc3[n+]2C)c1. The molecule has 0 bridgehead atoms. The molecule has 0 aliphatic heterocycles. The Bertz CT molecular complexity index is 1120. The average Bonchev–Trinajstić information content (AvgIpc) is 2.66. The maximum atomic E-state index is 4.55. The van der Waals surface area contributed by atoms with E-state index >= 15 is 0 Å². The highest BCUT2D eigenvalue weighted by Gasteiger charge is 2.21. The Kier molecular flexibility index (Phi) is 4.00. The van der Waals surface area contributed by atoms with E-state index in [0.29, 0.717) is 0 Å². The maximum Gasteiger partial charge on any atom is 0.213 e. The van der Waals surface area contributed by atoms with E-state index in [4.69, 9.17) is 0 Å². The first-order chi connectivity index (χ1) is 12.6. The molecular formula is C23H22N3+. The van der Waals surface area contributed by atoms with Crippen molar-refractivity contribution in [3.63, 3.8) is 0 Å². The number of para-hydroxylation sites is 1. The molecule has 2 aromatic heterocycles. The molecule has 0 amide bonds. The smallest absolute Gasteiger partial charge is 0.213 e. The Balaban J connectivity index is 2.11. The number of aromatic nitrogens is 3. The fourth-order valence-electron chi connectivity index (χ4n) is 3.65. The quantitative estimate of drug-likeness (QED) is 0.495. The molecule has 4 aromatic rings. The molecule has 0 spiro atoms. The minimum absolute atomic E-state index is 0.896. The number of hydrogen-bond donors (Lipinski definition) is 0. The van der Waals surface area contributed by atoms with Gasteiger partial charge in [0, 0.05) is 35.7 Å². The van der Waals surface area contributed by atoms with Crippen LogP contribution in [0.5, 0.6) is 0 Å². The van der Waals surface area contributed by atoms with Crippen molar-refractivity contribution in [3.05, 3.63) is 77.7 Å². The molecule has 26 heavy (non-hydrogen) atoms. The molecule has 0 radical (unpaired) electrons. The van der Waals surface area contributed by atoms with Gasteiger partial charge in [0.15, 0.2) is 0 Å². The third-order valence-electron chi connectivity index (χ3n) is 5.12. The number of hydrogen-bond acceptors (Lipinski definition) is 2. The zero-order chi connectivity index (χ0) is 18.3. The Hall–Kier alpha value is -3.07. The lowest BCUT2D eigenvalue weighted by Gasteiger charge is -2.12. The Morgan fingerprint density at radius 1 is 0.885 bits per heavy atom. The normalized spacial score (nSPS) is 11.1. The van der Waals surface area contributed by atoms with Crippen molar-refractivity contribution < 1.29 is 4.57 Å². The summed E-state index contributed by atoms with van der Waals surface area (Å²) in [5, 5.41) is 1.18. The van der Waals surface area contributed by atoms with Crippen LogP contribution < -0.4 is 4.57 Å². The van der Waals surface area contributed by atoms with Crippen LogP contribution in [-0.2, 0) is 7.05 Å². The number of nitrogens with zero attached hydrogens (tertiary/aromatic N) is 3. The van der Waals surface area contributed by atoms with Gasteiger partial charge in [-0.1, -0.05) is 23.8 Å². The summed E-state index contributed by atoms with van der Waals surface area (Å²) in [6, 6.07) is 15.2.